The summed E-state index contributed by atoms with van der Waals surface area (Å²) < 4.78 is 1.31. The highest BCUT2D eigenvalue weighted by molar-refractivity contribution is 9.10. The molecule has 1 radical (unpaired) electrons. The van der Waals surface area contributed by atoms with Crippen molar-refractivity contribution in [3.05, 3.63) is 40.7 Å². The summed E-state index contributed by atoms with van der Waals surface area (Å²) in [6.07, 6.45) is 11.9. The van der Waals surface area contributed by atoms with Crippen LogP contribution >= 0.6 is 15.9 Å². The van der Waals surface area contributed by atoms with Crippen LogP contribution in [0.5, 0.6) is 0 Å². The molecule has 1 aliphatic carbocycles. The molecule has 1 heteroatoms. The van der Waals surface area contributed by atoms with Crippen molar-refractivity contribution in [3.8, 4) is 0 Å². The van der Waals surface area contributed by atoms with E-state index >= 15 is 0 Å². The second-order valence-electron chi connectivity index (χ2n) is 6.05. The quantitative estimate of drug-likeness (QED) is 0.553. The fourth-order valence-electron chi connectivity index (χ4n) is 3.43. The third kappa shape index (κ3) is 3.42. The molecule has 1 aromatic rings. The van der Waals surface area contributed by atoms with Crippen LogP contribution in [-0.2, 0) is 5.41 Å². The molecule has 1 aliphatic rings. The molecule has 1 aromatic carbocycles. The van der Waals surface area contributed by atoms with Gasteiger partial charge in [-0.15, -0.1) is 0 Å². The Balaban J connectivity index is 2.12. The summed E-state index contributed by atoms with van der Waals surface area (Å²) in [5, 5.41) is 0. The Morgan fingerprint density at radius 3 is 2.58 bits per heavy atom. The van der Waals surface area contributed by atoms with E-state index in [0.717, 1.165) is 5.92 Å². The highest BCUT2D eigenvalue weighted by atomic mass is 79.9. The van der Waals surface area contributed by atoms with E-state index in [-0.39, 0.29) is 0 Å². The monoisotopic (exact) mass is 321 g/mol. The van der Waals surface area contributed by atoms with Crippen LogP contribution in [0.2, 0.25) is 0 Å². The van der Waals surface area contributed by atoms with Gasteiger partial charge in [-0.3, -0.25) is 0 Å². The highest BCUT2D eigenvalue weighted by Gasteiger charge is 2.40. The number of hydrogen-bond donors (Lipinski definition) is 0. The zero-order chi connectivity index (χ0) is 13.7. The van der Waals surface area contributed by atoms with Gasteiger partial charge in [0.1, 0.15) is 0 Å². The van der Waals surface area contributed by atoms with Crippen molar-refractivity contribution < 1.29 is 0 Å². The Kier molecular flexibility index (Phi) is 5.50. The minimum Gasteiger partial charge on any atom is -0.0654 e. The van der Waals surface area contributed by atoms with Crippen molar-refractivity contribution in [2.75, 3.05) is 0 Å². The average molecular weight is 322 g/mol. The van der Waals surface area contributed by atoms with Crippen molar-refractivity contribution in [2.45, 2.75) is 64.2 Å². The summed E-state index contributed by atoms with van der Waals surface area (Å²) in [6.45, 7) is 4.53. The smallest absolute Gasteiger partial charge is 0.0212 e. The molecule has 0 amide bonds. The van der Waals surface area contributed by atoms with Crippen molar-refractivity contribution in [3.63, 3.8) is 0 Å². The molecule has 1 unspecified atom stereocenters. The van der Waals surface area contributed by atoms with Crippen molar-refractivity contribution >= 4 is 15.9 Å². The van der Waals surface area contributed by atoms with Gasteiger partial charge in [-0.1, -0.05) is 73.7 Å². The van der Waals surface area contributed by atoms with Crippen LogP contribution in [0.3, 0.4) is 0 Å². The molecule has 0 aromatic heterocycles. The summed E-state index contributed by atoms with van der Waals surface area (Å²) in [5.74, 6) is 0.785. The lowest BCUT2D eigenvalue weighted by Crippen LogP contribution is -2.36. The van der Waals surface area contributed by atoms with Crippen LogP contribution in [0, 0.1) is 12.3 Å². The Hall–Kier alpha value is -0.300. The number of rotatable bonds is 7. The molecule has 19 heavy (non-hydrogen) atoms. The fourth-order valence-corrected chi connectivity index (χ4v) is 4.14. The van der Waals surface area contributed by atoms with Gasteiger partial charge in [-0.05, 0) is 48.6 Å². The van der Waals surface area contributed by atoms with E-state index in [0.29, 0.717) is 5.41 Å². The van der Waals surface area contributed by atoms with Crippen molar-refractivity contribution in [1.29, 1.82) is 0 Å². The Morgan fingerprint density at radius 2 is 2.05 bits per heavy atom. The number of halogens is 1. The molecule has 1 fully saturated rings. The molecule has 0 heterocycles. The molecular weight excluding hydrogens is 296 g/mol. The molecule has 1 atom stereocenters. The van der Waals surface area contributed by atoms with Crippen molar-refractivity contribution in [2.24, 2.45) is 5.92 Å². The molecule has 0 aliphatic heterocycles. The molecule has 2 rings (SSSR count). The Morgan fingerprint density at radius 1 is 1.32 bits per heavy atom. The van der Waals surface area contributed by atoms with Crippen LogP contribution in [0.1, 0.15) is 64.4 Å². The first-order valence-electron chi connectivity index (χ1n) is 7.76. The zero-order valence-corrected chi connectivity index (χ0v) is 13.9. The molecule has 0 nitrogen and oxygen atoms in total. The van der Waals surface area contributed by atoms with E-state index < -0.39 is 0 Å². The normalized spacial score (nSPS) is 18.9. The molecule has 0 saturated heterocycles. The van der Waals surface area contributed by atoms with Gasteiger partial charge in [0.2, 0.25) is 0 Å². The minimum absolute atomic E-state index is 0.449. The van der Waals surface area contributed by atoms with Crippen LogP contribution in [0.4, 0.5) is 0 Å². The molecule has 0 bridgehead atoms. The third-order valence-corrected chi connectivity index (χ3v) is 5.50. The van der Waals surface area contributed by atoms with Crippen LogP contribution in [-0.4, -0.2) is 0 Å². The van der Waals surface area contributed by atoms with E-state index in [9.17, 15) is 0 Å². The summed E-state index contributed by atoms with van der Waals surface area (Å²) in [7, 11) is 0. The number of hydrogen-bond acceptors (Lipinski definition) is 0. The Labute approximate surface area is 127 Å². The van der Waals surface area contributed by atoms with Gasteiger partial charge in [0, 0.05) is 4.47 Å². The van der Waals surface area contributed by atoms with Gasteiger partial charge in [0.15, 0.2) is 0 Å². The van der Waals surface area contributed by atoms with Gasteiger partial charge in [-0.25, -0.2) is 0 Å². The van der Waals surface area contributed by atoms with E-state index in [2.05, 4.69) is 60.5 Å². The lowest BCUT2D eigenvalue weighted by atomic mass is 9.60. The molecular formula is C18H26Br. The van der Waals surface area contributed by atoms with Crippen LogP contribution < -0.4 is 0 Å². The standard InChI is InChI=1S/C18H26Br/c1-3-5-9-15(4-2)14-18(12-8-13-18)16-10-6-7-11-17(16)19/h4,6-7,10-11,15H,3,5,8-9,12-14H2,1-2H3. The fraction of sp³-hybridized carbons (Fsp3) is 0.611. The summed E-state index contributed by atoms with van der Waals surface area (Å²) >= 11 is 3.76. The molecule has 0 N–H and O–H groups in total. The lowest BCUT2D eigenvalue weighted by molar-refractivity contribution is 0.192. The lowest BCUT2D eigenvalue weighted by Gasteiger charge is -2.45. The average Bonchev–Trinajstić information content (AvgIpc) is 2.39. The second kappa shape index (κ2) is 6.92. The zero-order valence-electron chi connectivity index (χ0n) is 12.3. The van der Waals surface area contributed by atoms with Crippen LogP contribution in [0.25, 0.3) is 0 Å². The Bertz CT molecular complexity index is 392. The number of benzene rings is 1. The number of unbranched alkanes of at least 4 members (excludes halogenated alkanes) is 1. The van der Waals surface area contributed by atoms with Gasteiger partial charge in [0.05, 0.1) is 0 Å². The first-order chi connectivity index (χ1) is 9.22. The maximum Gasteiger partial charge on any atom is 0.0212 e. The van der Waals surface area contributed by atoms with Crippen LogP contribution in [0.15, 0.2) is 28.7 Å². The van der Waals surface area contributed by atoms with Gasteiger partial charge >= 0.3 is 0 Å². The first kappa shape index (κ1) is 15.1. The molecule has 105 valence electrons. The third-order valence-electron chi connectivity index (χ3n) is 4.81. The maximum absolute atomic E-state index is 3.76. The predicted octanol–water partition coefficient (Wildman–Crippen LogP) is 6.29. The maximum atomic E-state index is 3.76. The predicted molar refractivity (Wildman–Crippen MR) is 87.3 cm³/mol. The van der Waals surface area contributed by atoms with Gasteiger partial charge < -0.3 is 0 Å². The second-order valence-corrected chi connectivity index (χ2v) is 6.91. The summed E-state index contributed by atoms with van der Waals surface area (Å²) in [4.78, 5) is 0. The van der Waals surface area contributed by atoms with E-state index in [1.807, 2.05) is 0 Å². The minimum atomic E-state index is 0.449. The van der Waals surface area contributed by atoms with E-state index in [4.69, 9.17) is 0 Å². The first-order valence-corrected chi connectivity index (χ1v) is 8.55. The largest absolute Gasteiger partial charge is 0.0654 e. The molecule has 1 saturated carbocycles. The van der Waals surface area contributed by atoms with E-state index in [1.165, 1.54) is 49.4 Å². The SMILES string of the molecule is C[CH]C(CCCC)CC1(c2ccccc2Br)CCC1. The van der Waals surface area contributed by atoms with Gasteiger partial charge in [-0.2, -0.15) is 0 Å². The summed E-state index contributed by atoms with van der Waals surface area (Å²) in [6, 6.07) is 8.85. The van der Waals surface area contributed by atoms with Crippen molar-refractivity contribution in [1.82, 2.24) is 0 Å². The topological polar surface area (TPSA) is 0 Å². The van der Waals surface area contributed by atoms with Gasteiger partial charge in [0.25, 0.3) is 0 Å². The summed E-state index contributed by atoms with van der Waals surface area (Å²) in [5.41, 5.74) is 2.00. The highest BCUT2D eigenvalue weighted by Crippen LogP contribution is 2.51. The van der Waals surface area contributed by atoms with E-state index in [1.54, 1.807) is 5.56 Å². The molecule has 0 spiro atoms.